The van der Waals surface area contributed by atoms with E-state index in [0.717, 1.165) is 17.0 Å². The number of anilines is 1. The van der Waals surface area contributed by atoms with Crippen LogP contribution >= 0.6 is 23.4 Å². The van der Waals surface area contributed by atoms with Gasteiger partial charge >= 0.3 is 0 Å². The summed E-state index contributed by atoms with van der Waals surface area (Å²) in [5.41, 5.74) is 1.74. The van der Waals surface area contributed by atoms with Gasteiger partial charge in [0, 0.05) is 17.3 Å². The number of hydrogen-bond donors (Lipinski definition) is 2. The van der Waals surface area contributed by atoms with Gasteiger partial charge in [-0.15, -0.1) is 0 Å². The highest BCUT2D eigenvalue weighted by molar-refractivity contribution is 7.99. The van der Waals surface area contributed by atoms with Crippen LogP contribution in [-0.2, 0) is 4.79 Å². The van der Waals surface area contributed by atoms with Crippen molar-refractivity contribution in [2.45, 2.75) is 13.8 Å². The molecular formula is C13H18ClNO2S. The molecule has 5 heteroatoms. The fraction of sp³-hybridized carbons (Fsp3) is 0.462. The highest BCUT2D eigenvalue weighted by Gasteiger charge is 2.07. The number of aliphatic hydroxyl groups excluding tert-OH is 1. The zero-order valence-electron chi connectivity index (χ0n) is 10.6. The van der Waals surface area contributed by atoms with Crippen molar-refractivity contribution in [1.82, 2.24) is 0 Å². The SMILES string of the molecule is Cc1ccc(Cl)cc1NC(=O)CSCC(C)CO. The fourth-order valence-electron chi connectivity index (χ4n) is 1.32. The van der Waals surface area contributed by atoms with Gasteiger partial charge in [0.2, 0.25) is 5.91 Å². The van der Waals surface area contributed by atoms with Crippen molar-refractivity contribution in [3.63, 3.8) is 0 Å². The van der Waals surface area contributed by atoms with Crippen molar-refractivity contribution in [3.8, 4) is 0 Å². The van der Waals surface area contributed by atoms with Crippen LogP contribution in [0.3, 0.4) is 0 Å². The summed E-state index contributed by atoms with van der Waals surface area (Å²) in [5, 5.41) is 12.3. The first-order valence-corrected chi connectivity index (χ1v) is 7.30. The molecule has 0 heterocycles. The Morgan fingerprint density at radius 2 is 2.28 bits per heavy atom. The van der Waals surface area contributed by atoms with Gasteiger partial charge in [-0.2, -0.15) is 11.8 Å². The molecule has 0 radical (unpaired) electrons. The lowest BCUT2D eigenvalue weighted by Crippen LogP contribution is -2.16. The Bertz CT molecular complexity index is 412. The number of amides is 1. The molecule has 0 aromatic heterocycles. The molecule has 1 rings (SSSR count). The average Bonchev–Trinajstić information content (AvgIpc) is 2.33. The van der Waals surface area contributed by atoms with Crippen molar-refractivity contribution in [2.75, 3.05) is 23.4 Å². The molecule has 1 unspecified atom stereocenters. The molecule has 18 heavy (non-hydrogen) atoms. The van der Waals surface area contributed by atoms with Crippen LogP contribution in [-0.4, -0.2) is 29.1 Å². The van der Waals surface area contributed by atoms with Gasteiger partial charge in [-0.05, 0) is 36.3 Å². The van der Waals surface area contributed by atoms with Crippen LogP contribution in [0, 0.1) is 12.8 Å². The number of thioether (sulfide) groups is 1. The quantitative estimate of drug-likeness (QED) is 0.846. The number of aryl methyl sites for hydroxylation is 1. The number of carbonyl (C=O) groups excluding carboxylic acids is 1. The smallest absolute Gasteiger partial charge is 0.234 e. The number of hydrogen-bond acceptors (Lipinski definition) is 3. The Morgan fingerprint density at radius 1 is 1.56 bits per heavy atom. The van der Waals surface area contributed by atoms with Crippen LogP contribution in [0.25, 0.3) is 0 Å². The summed E-state index contributed by atoms with van der Waals surface area (Å²) >= 11 is 7.40. The van der Waals surface area contributed by atoms with Gasteiger partial charge < -0.3 is 10.4 Å². The zero-order chi connectivity index (χ0) is 13.5. The maximum atomic E-state index is 11.7. The number of benzene rings is 1. The number of aliphatic hydroxyl groups is 1. The standard InChI is InChI=1S/C13H18ClNO2S/c1-9(6-16)7-18-8-13(17)15-12-5-11(14)4-3-10(12)2/h3-5,9,16H,6-8H2,1-2H3,(H,15,17). The number of halogens is 1. The summed E-state index contributed by atoms with van der Waals surface area (Å²) in [6.07, 6.45) is 0. The number of carbonyl (C=O) groups is 1. The predicted octanol–water partition coefficient (Wildman–Crippen LogP) is 2.95. The minimum atomic E-state index is -0.0458. The molecule has 1 atom stereocenters. The first-order chi connectivity index (χ1) is 8.52. The van der Waals surface area contributed by atoms with Gasteiger partial charge in [0.25, 0.3) is 0 Å². The summed E-state index contributed by atoms with van der Waals surface area (Å²) in [6.45, 7) is 4.03. The Hall–Kier alpha value is -0.710. The first-order valence-electron chi connectivity index (χ1n) is 5.77. The molecule has 1 aromatic carbocycles. The van der Waals surface area contributed by atoms with Crippen molar-refractivity contribution >= 4 is 35.0 Å². The Kier molecular flexibility index (Phi) is 6.54. The molecule has 2 N–H and O–H groups in total. The third kappa shape index (κ3) is 5.29. The highest BCUT2D eigenvalue weighted by Crippen LogP contribution is 2.20. The van der Waals surface area contributed by atoms with E-state index in [1.165, 1.54) is 11.8 Å². The average molecular weight is 288 g/mol. The van der Waals surface area contributed by atoms with E-state index in [9.17, 15) is 4.79 Å². The maximum Gasteiger partial charge on any atom is 0.234 e. The second-order valence-electron chi connectivity index (χ2n) is 4.31. The van der Waals surface area contributed by atoms with E-state index in [1.54, 1.807) is 12.1 Å². The van der Waals surface area contributed by atoms with Crippen molar-refractivity contribution in [3.05, 3.63) is 28.8 Å². The molecule has 0 saturated carbocycles. The minimum absolute atomic E-state index is 0.0458. The summed E-state index contributed by atoms with van der Waals surface area (Å²) in [4.78, 5) is 11.7. The van der Waals surface area contributed by atoms with Crippen LogP contribution < -0.4 is 5.32 Å². The van der Waals surface area contributed by atoms with Gasteiger partial charge in [-0.25, -0.2) is 0 Å². The van der Waals surface area contributed by atoms with Gasteiger partial charge in [-0.1, -0.05) is 24.6 Å². The lowest BCUT2D eigenvalue weighted by molar-refractivity contribution is -0.113. The topological polar surface area (TPSA) is 49.3 Å². The molecule has 0 aliphatic rings. The molecule has 0 bridgehead atoms. The van der Waals surface area contributed by atoms with E-state index in [0.29, 0.717) is 10.8 Å². The molecule has 100 valence electrons. The normalized spacial score (nSPS) is 12.2. The summed E-state index contributed by atoms with van der Waals surface area (Å²) in [7, 11) is 0. The van der Waals surface area contributed by atoms with E-state index >= 15 is 0 Å². The Morgan fingerprint density at radius 3 is 2.94 bits per heavy atom. The fourth-order valence-corrected chi connectivity index (χ4v) is 2.38. The molecule has 3 nitrogen and oxygen atoms in total. The molecule has 0 spiro atoms. The van der Waals surface area contributed by atoms with E-state index in [2.05, 4.69) is 5.32 Å². The Balaban J connectivity index is 2.42. The molecule has 0 fully saturated rings. The molecule has 1 aromatic rings. The Labute approximate surface area is 117 Å². The predicted molar refractivity (Wildman–Crippen MR) is 78.4 cm³/mol. The lowest BCUT2D eigenvalue weighted by Gasteiger charge is -2.10. The highest BCUT2D eigenvalue weighted by atomic mass is 35.5. The first kappa shape index (κ1) is 15.3. The van der Waals surface area contributed by atoms with Crippen LogP contribution in [0.1, 0.15) is 12.5 Å². The largest absolute Gasteiger partial charge is 0.396 e. The minimum Gasteiger partial charge on any atom is -0.396 e. The third-order valence-corrected chi connectivity index (χ3v) is 3.93. The van der Waals surface area contributed by atoms with E-state index in [-0.39, 0.29) is 18.4 Å². The van der Waals surface area contributed by atoms with Crippen LogP contribution in [0.2, 0.25) is 5.02 Å². The molecule has 0 aliphatic carbocycles. The summed E-state index contributed by atoms with van der Waals surface area (Å²) < 4.78 is 0. The number of rotatable bonds is 6. The van der Waals surface area contributed by atoms with Crippen molar-refractivity contribution in [2.24, 2.45) is 5.92 Å². The van der Waals surface area contributed by atoms with Crippen LogP contribution in [0.5, 0.6) is 0 Å². The van der Waals surface area contributed by atoms with Crippen LogP contribution in [0.4, 0.5) is 5.69 Å². The molecule has 1 amide bonds. The van der Waals surface area contributed by atoms with E-state index < -0.39 is 0 Å². The molecular weight excluding hydrogens is 270 g/mol. The van der Waals surface area contributed by atoms with Crippen LogP contribution in [0.15, 0.2) is 18.2 Å². The second-order valence-corrected chi connectivity index (χ2v) is 5.78. The van der Waals surface area contributed by atoms with Gasteiger partial charge in [0.15, 0.2) is 0 Å². The van der Waals surface area contributed by atoms with Gasteiger partial charge in [0.1, 0.15) is 0 Å². The van der Waals surface area contributed by atoms with Gasteiger partial charge in [-0.3, -0.25) is 4.79 Å². The summed E-state index contributed by atoms with van der Waals surface area (Å²) in [5.74, 6) is 1.33. The van der Waals surface area contributed by atoms with Crippen molar-refractivity contribution in [1.29, 1.82) is 0 Å². The molecule has 0 aliphatic heterocycles. The number of nitrogens with one attached hydrogen (secondary N) is 1. The summed E-state index contributed by atoms with van der Waals surface area (Å²) in [6, 6.07) is 5.42. The van der Waals surface area contributed by atoms with E-state index in [4.69, 9.17) is 16.7 Å². The van der Waals surface area contributed by atoms with Gasteiger partial charge in [0.05, 0.1) is 5.75 Å². The maximum absolute atomic E-state index is 11.7. The van der Waals surface area contributed by atoms with Crippen molar-refractivity contribution < 1.29 is 9.90 Å². The monoisotopic (exact) mass is 287 g/mol. The second kappa shape index (κ2) is 7.67. The lowest BCUT2D eigenvalue weighted by atomic mass is 10.2. The van der Waals surface area contributed by atoms with E-state index in [1.807, 2.05) is 19.9 Å². The zero-order valence-corrected chi connectivity index (χ0v) is 12.1. The molecule has 0 saturated heterocycles. The third-order valence-electron chi connectivity index (χ3n) is 2.42.